The maximum atomic E-state index is 13.2. The second-order valence-electron chi connectivity index (χ2n) is 14.1. The zero-order chi connectivity index (χ0) is 31.1. The Balaban J connectivity index is 1.12. The smallest absolute Gasteiger partial charge is 0.226 e. The molecule has 0 atom stereocenters. The summed E-state index contributed by atoms with van der Waals surface area (Å²) in [5.74, 6) is 1.41. The van der Waals surface area contributed by atoms with Crippen molar-refractivity contribution in [2.45, 2.75) is 102 Å². The average Bonchev–Trinajstić information content (AvgIpc) is 3.83. The largest absolute Gasteiger partial charge is 0.390 e. The number of carbonyl (C=O) groups excluding carboxylic acids is 2. The van der Waals surface area contributed by atoms with Gasteiger partial charge in [-0.3, -0.25) is 9.59 Å². The van der Waals surface area contributed by atoms with Crippen LogP contribution in [-0.2, 0) is 15.1 Å². The Labute approximate surface area is 261 Å². The summed E-state index contributed by atoms with van der Waals surface area (Å²) in [7, 11) is 0. The van der Waals surface area contributed by atoms with Crippen LogP contribution in [0.3, 0.4) is 0 Å². The van der Waals surface area contributed by atoms with Gasteiger partial charge in [-0.15, -0.1) is 0 Å². The highest BCUT2D eigenvalue weighted by Crippen LogP contribution is 2.46. The Bertz CT molecular complexity index is 1480. The molecular weight excluding hydrogens is 548 g/mol. The predicted molar refractivity (Wildman–Crippen MR) is 175 cm³/mol. The van der Waals surface area contributed by atoms with Crippen LogP contribution < -0.4 is 11.1 Å². The lowest BCUT2D eigenvalue weighted by Crippen LogP contribution is -2.58. The first-order valence-electron chi connectivity index (χ1n) is 16.3. The lowest BCUT2D eigenvalue weighted by atomic mass is 9.63. The normalized spacial score (nSPS) is 26.6. The van der Waals surface area contributed by atoms with E-state index in [4.69, 9.17) is 5.73 Å². The highest BCUT2D eigenvalue weighted by atomic mass is 16.3. The Morgan fingerprint density at radius 1 is 0.955 bits per heavy atom. The van der Waals surface area contributed by atoms with Crippen molar-refractivity contribution in [1.82, 2.24) is 9.88 Å². The van der Waals surface area contributed by atoms with E-state index < -0.39 is 11.1 Å². The molecule has 0 spiro atoms. The van der Waals surface area contributed by atoms with Crippen LogP contribution in [0.25, 0.3) is 22.3 Å². The molecule has 0 saturated heterocycles. The second kappa shape index (κ2) is 12.1. The number of nitrogens with two attached hydrogens (primary N) is 1. The van der Waals surface area contributed by atoms with Crippen LogP contribution in [-0.4, -0.2) is 44.5 Å². The molecule has 3 fully saturated rings. The molecule has 0 unspecified atom stereocenters. The molecule has 2 aromatic carbocycles. The fourth-order valence-corrected chi connectivity index (χ4v) is 7.58. The van der Waals surface area contributed by atoms with E-state index in [0.29, 0.717) is 36.9 Å². The van der Waals surface area contributed by atoms with E-state index in [1.807, 2.05) is 49.5 Å². The number of carbonyl (C=O) groups is 2. The van der Waals surface area contributed by atoms with E-state index >= 15 is 0 Å². The van der Waals surface area contributed by atoms with E-state index in [0.717, 1.165) is 66.3 Å². The number of aromatic nitrogens is 1. The molecule has 232 valence electrons. The first kappa shape index (κ1) is 30.5. The Hall–Kier alpha value is -3.55. The van der Waals surface area contributed by atoms with E-state index in [9.17, 15) is 14.7 Å². The molecule has 44 heavy (non-hydrogen) atoms. The maximum Gasteiger partial charge on any atom is 0.226 e. The SMILES string of the molecule is CC(C)N(C(=O)C1CC1)[C@H]1CC[C@H](CC(=O)Nc2cc(-c3ccccc3)c(-c3ccc([C@]4(N)C[C@](C)(O)C4)cc3)cn2)CC1. The zero-order valence-electron chi connectivity index (χ0n) is 26.3. The highest BCUT2D eigenvalue weighted by molar-refractivity contribution is 5.92. The quantitative estimate of drug-likeness (QED) is 0.257. The van der Waals surface area contributed by atoms with E-state index in [1.165, 1.54) is 0 Å². The topological polar surface area (TPSA) is 109 Å². The number of pyridine rings is 1. The summed E-state index contributed by atoms with van der Waals surface area (Å²) < 4.78 is 0. The van der Waals surface area contributed by atoms with Crippen LogP contribution in [0.2, 0.25) is 0 Å². The minimum absolute atomic E-state index is 0.0172. The standard InChI is InChI=1S/C37H46N4O3/c1-24(2)41(35(43)28-11-12-28)30-17-9-25(10-18-30)19-34(42)40-33-20-31(26-7-5-4-6-8-26)32(21-39-33)27-13-15-29(16-14-27)37(38)22-36(3,44)23-37/h4-8,13-16,20-21,24-25,28,30,44H,9-12,17-19,22-23,38H2,1-3H3,(H,39,40,42)/t25-,30-,36-,37-. The Morgan fingerprint density at radius 3 is 2.18 bits per heavy atom. The Morgan fingerprint density at radius 2 is 1.59 bits per heavy atom. The highest BCUT2D eigenvalue weighted by Gasteiger charge is 2.49. The average molecular weight is 595 g/mol. The number of rotatable bonds is 9. The summed E-state index contributed by atoms with van der Waals surface area (Å²) in [6.07, 6.45) is 9.29. The molecule has 0 radical (unpaired) electrons. The van der Waals surface area contributed by atoms with Gasteiger partial charge in [0.1, 0.15) is 5.82 Å². The van der Waals surface area contributed by atoms with E-state index in [-0.39, 0.29) is 23.9 Å². The van der Waals surface area contributed by atoms with Gasteiger partial charge in [-0.2, -0.15) is 0 Å². The lowest BCUT2D eigenvalue weighted by Gasteiger charge is -2.49. The third kappa shape index (κ3) is 6.59. The molecule has 4 N–H and O–H groups in total. The molecule has 1 heterocycles. The summed E-state index contributed by atoms with van der Waals surface area (Å²) in [5, 5.41) is 13.3. The molecule has 3 aliphatic rings. The summed E-state index contributed by atoms with van der Waals surface area (Å²) >= 11 is 0. The van der Waals surface area contributed by atoms with Crippen LogP contribution in [0.5, 0.6) is 0 Å². The van der Waals surface area contributed by atoms with Gasteiger partial charge in [0.25, 0.3) is 0 Å². The van der Waals surface area contributed by atoms with Gasteiger partial charge in [0.2, 0.25) is 11.8 Å². The first-order valence-corrected chi connectivity index (χ1v) is 16.3. The molecular formula is C37H46N4O3. The molecule has 0 bridgehead atoms. The van der Waals surface area contributed by atoms with Gasteiger partial charge < -0.3 is 21.1 Å². The van der Waals surface area contributed by atoms with Gasteiger partial charge in [-0.1, -0.05) is 54.6 Å². The molecule has 3 saturated carbocycles. The first-order chi connectivity index (χ1) is 21.0. The van der Waals surface area contributed by atoms with Crippen molar-refractivity contribution in [3.8, 4) is 22.3 Å². The Kier molecular flexibility index (Phi) is 8.38. The molecule has 6 rings (SSSR count). The van der Waals surface area contributed by atoms with Crippen molar-refractivity contribution >= 4 is 17.6 Å². The van der Waals surface area contributed by atoms with Gasteiger partial charge >= 0.3 is 0 Å². The molecule has 3 aliphatic carbocycles. The molecule has 7 nitrogen and oxygen atoms in total. The lowest BCUT2D eigenvalue weighted by molar-refractivity contribution is -0.138. The summed E-state index contributed by atoms with van der Waals surface area (Å²) in [6, 6.07) is 20.8. The third-order valence-corrected chi connectivity index (χ3v) is 9.84. The van der Waals surface area contributed by atoms with Crippen molar-refractivity contribution in [3.63, 3.8) is 0 Å². The molecule has 1 aromatic heterocycles. The van der Waals surface area contributed by atoms with Gasteiger partial charge in [-0.05, 0) is 106 Å². The number of benzene rings is 2. The number of aliphatic hydroxyl groups is 1. The summed E-state index contributed by atoms with van der Waals surface area (Å²) in [6.45, 7) is 6.07. The predicted octanol–water partition coefficient (Wildman–Crippen LogP) is 6.65. The van der Waals surface area contributed by atoms with Gasteiger partial charge in [0, 0.05) is 41.7 Å². The fraction of sp³-hybridized carbons (Fsp3) is 0.486. The molecule has 3 aromatic rings. The minimum Gasteiger partial charge on any atom is -0.390 e. The molecule has 2 amide bonds. The van der Waals surface area contributed by atoms with Crippen LogP contribution in [0.4, 0.5) is 5.82 Å². The van der Waals surface area contributed by atoms with Crippen LogP contribution in [0.1, 0.15) is 84.1 Å². The third-order valence-electron chi connectivity index (χ3n) is 9.84. The number of amides is 2. The van der Waals surface area contributed by atoms with Crippen molar-refractivity contribution in [2.75, 3.05) is 5.32 Å². The number of nitrogens with zero attached hydrogens (tertiary/aromatic N) is 2. The maximum absolute atomic E-state index is 13.2. The van der Waals surface area contributed by atoms with Gasteiger partial charge in [-0.25, -0.2) is 4.98 Å². The summed E-state index contributed by atoms with van der Waals surface area (Å²) in [5.41, 5.74) is 10.4. The van der Waals surface area contributed by atoms with Crippen molar-refractivity contribution in [2.24, 2.45) is 17.6 Å². The number of hydrogen-bond donors (Lipinski definition) is 3. The van der Waals surface area contributed by atoms with Crippen molar-refractivity contribution in [1.29, 1.82) is 0 Å². The van der Waals surface area contributed by atoms with Gasteiger partial charge in [0.15, 0.2) is 0 Å². The monoisotopic (exact) mass is 594 g/mol. The van der Waals surface area contributed by atoms with Crippen molar-refractivity contribution in [3.05, 3.63) is 72.4 Å². The number of nitrogens with one attached hydrogen (secondary N) is 1. The molecule has 0 aliphatic heterocycles. The van der Waals surface area contributed by atoms with Crippen LogP contribution >= 0.6 is 0 Å². The van der Waals surface area contributed by atoms with Crippen LogP contribution in [0.15, 0.2) is 66.9 Å². The van der Waals surface area contributed by atoms with Gasteiger partial charge in [0.05, 0.1) is 5.60 Å². The number of hydrogen-bond acceptors (Lipinski definition) is 5. The van der Waals surface area contributed by atoms with Crippen molar-refractivity contribution < 1.29 is 14.7 Å². The second-order valence-corrected chi connectivity index (χ2v) is 14.1. The minimum atomic E-state index is -0.706. The zero-order valence-corrected chi connectivity index (χ0v) is 26.3. The van der Waals surface area contributed by atoms with E-state index in [2.05, 4.69) is 53.3 Å². The number of anilines is 1. The van der Waals surface area contributed by atoms with E-state index in [1.54, 1.807) is 0 Å². The molecule has 7 heteroatoms. The fourth-order valence-electron chi connectivity index (χ4n) is 7.58. The van der Waals surface area contributed by atoms with Crippen LogP contribution in [0, 0.1) is 11.8 Å². The summed E-state index contributed by atoms with van der Waals surface area (Å²) in [4.78, 5) is 32.8.